The van der Waals surface area contributed by atoms with E-state index in [1.807, 2.05) is 6.92 Å². The zero-order valence-electron chi connectivity index (χ0n) is 12.3. The average Bonchev–Trinajstić information content (AvgIpc) is 2.19. The van der Waals surface area contributed by atoms with Crippen molar-refractivity contribution in [3.8, 4) is 0 Å². The second-order valence-electron chi connectivity index (χ2n) is 6.80. The van der Waals surface area contributed by atoms with Crippen molar-refractivity contribution in [2.45, 2.75) is 72.1 Å². The number of halogens is 2. The summed E-state index contributed by atoms with van der Waals surface area (Å²) in [6.07, 6.45) is 5.02. The van der Waals surface area contributed by atoms with Gasteiger partial charge < -0.3 is 4.74 Å². The largest absolute Gasteiger partial charge is 0.381 e. The van der Waals surface area contributed by atoms with Crippen LogP contribution in [-0.4, -0.2) is 19.1 Å². The molecule has 18 heavy (non-hydrogen) atoms. The molecule has 1 saturated carbocycles. The van der Waals surface area contributed by atoms with Gasteiger partial charge in [0.05, 0.1) is 6.61 Å². The van der Waals surface area contributed by atoms with Crippen molar-refractivity contribution in [3.63, 3.8) is 0 Å². The molecule has 108 valence electrons. The molecule has 0 unspecified atom stereocenters. The highest BCUT2D eigenvalue weighted by molar-refractivity contribution is 4.89. The van der Waals surface area contributed by atoms with Gasteiger partial charge in [-0.3, -0.25) is 0 Å². The van der Waals surface area contributed by atoms with E-state index in [9.17, 15) is 8.78 Å². The van der Waals surface area contributed by atoms with E-state index in [1.165, 1.54) is 6.42 Å². The molecule has 0 N–H and O–H groups in total. The SMILES string of the molecule is CCOCC1(CCCC(F)(F)C(C)(C)C)CCC1. The maximum atomic E-state index is 13.8. The van der Waals surface area contributed by atoms with Gasteiger partial charge >= 0.3 is 0 Å². The Bertz CT molecular complexity index is 252. The predicted molar refractivity (Wildman–Crippen MR) is 71.0 cm³/mol. The van der Waals surface area contributed by atoms with Gasteiger partial charge in [-0.2, -0.15) is 0 Å². The standard InChI is InChI=1S/C15H28F2O/c1-5-18-12-14(8-6-9-14)10-7-11-15(16,17)13(2,3)4/h5-12H2,1-4H3. The lowest BCUT2D eigenvalue weighted by atomic mass is 9.66. The number of alkyl halides is 2. The third kappa shape index (κ3) is 3.91. The Morgan fingerprint density at radius 1 is 1.17 bits per heavy atom. The van der Waals surface area contributed by atoms with Crippen LogP contribution in [0.4, 0.5) is 8.78 Å². The van der Waals surface area contributed by atoms with Gasteiger partial charge in [-0.1, -0.05) is 27.2 Å². The molecule has 0 saturated heterocycles. The molecule has 0 aromatic rings. The van der Waals surface area contributed by atoms with Gasteiger partial charge in [0.15, 0.2) is 0 Å². The first-order chi connectivity index (χ1) is 8.22. The Kier molecular flexibility index (Phi) is 5.16. The van der Waals surface area contributed by atoms with E-state index in [1.54, 1.807) is 20.8 Å². The fraction of sp³-hybridized carbons (Fsp3) is 1.00. The third-order valence-corrected chi connectivity index (χ3v) is 4.32. The van der Waals surface area contributed by atoms with Crippen molar-refractivity contribution in [3.05, 3.63) is 0 Å². The summed E-state index contributed by atoms with van der Waals surface area (Å²) in [7, 11) is 0. The van der Waals surface area contributed by atoms with Gasteiger partial charge in [-0.25, -0.2) is 8.78 Å². The zero-order valence-corrected chi connectivity index (χ0v) is 12.3. The van der Waals surface area contributed by atoms with E-state index in [4.69, 9.17) is 4.74 Å². The van der Waals surface area contributed by atoms with E-state index in [-0.39, 0.29) is 11.8 Å². The molecule has 0 amide bonds. The summed E-state index contributed by atoms with van der Waals surface area (Å²) in [6.45, 7) is 8.32. The summed E-state index contributed by atoms with van der Waals surface area (Å²) in [5, 5.41) is 0. The molecule has 1 aliphatic carbocycles. The number of hydrogen-bond donors (Lipinski definition) is 0. The van der Waals surface area contributed by atoms with Crippen LogP contribution in [0.1, 0.15) is 66.2 Å². The molecule has 0 spiro atoms. The molecule has 1 rings (SSSR count). The Labute approximate surface area is 110 Å². The molecule has 0 atom stereocenters. The van der Waals surface area contributed by atoms with Gasteiger partial charge in [0.2, 0.25) is 0 Å². The van der Waals surface area contributed by atoms with Crippen LogP contribution in [0.5, 0.6) is 0 Å². The molecular formula is C15H28F2O. The van der Waals surface area contributed by atoms with Gasteiger partial charge in [-0.15, -0.1) is 0 Å². The molecule has 0 heterocycles. The van der Waals surface area contributed by atoms with E-state index < -0.39 is 11.3 Å². The summed E-state index contributed by atoms with van der Waals surface area (Å²) in [6, 6.07) is 0. The van der Waals surface area contributed by atoms with Crippen molar-refractivity contribution in [2.75, 3.05) is 13.2 Å². The molecule has 1 nitrogen and oxygen atoms in total. The normalized spacial score (nSPS) is 19.7. The summed E-state index contributed by atoms with van der Waals surface area (Å²) in [4.78, 5) is 0. The molecule has 0 aromatic heterocycles. The summed E-state index contributed by atoms with van der Waals surface area (Å²) < 4.78 is 33.2. The Balaban J connectivity index is 2.36. The van der Waals surface area contributed by atoms with E-state index in [0.717, 1.165) is 32.5 Å². The van der Waals surface area contributed by atoms with E-state index >= 15 is 0 Å². The second kappa shape index (κ2) is 5.85. The molecule has 1 fully saturated rings. The summed E-state index contributed by atoms with van der Waals surface area (Å²) in [5.41, 5.74) is -0.719. The lowest BCUT2D eigenvalue weighted by molar-refractivity contribution is -0.108. The molecule has 3 heteroatoms. The molecule has 0 aromatic carbocycles. The minimum Gasteiger partial charge on any atom is -0.381 e. The topological polar surface area (TPSA) is 9.23 Å². The minimum absolute atomic E-state index is 0.00434. The van der Waals surface area contributed by atoms with E-state index in [2.05, 4.69) is 0 Å². The number of hydrogen-bond acceptors (Lipinski definition) is 1. The van der Waals surface area contributed by atoms with Gasteiger partial charge in [0.1, 0.15) is 0 Å². The first-order valence-electron chi connectivity index (χ1n) is 7.18. The number of rotatable bonds is 7. The lowest BCUT2D eigenvalue weighted by Gasteiger charge is -2.42. The van der Waals surface area contributed by atoms with Crippen LogP contribution >= 0.6 is 0 Å². The maximum absolute atomic E-state index is 13.8. The molecular weight excluding hydrogens is 234 g/mol. The Morgan fingerprint density at radius 3 is 2.17 bits per heavy atom. The average molecular weight is 262 g/mol. The quantitative estimate of drug-likeness (QED) is 0.624. The molecule has 1 aliphatic rings. The van der Waals surface area contributed by atoms with Crippen LogP contribution in [0.2, 0.25) is 0 Å². The van der Waals surface area contributed by atoms with Crippen LogP contribution in [0.3, 0.4) is 0 Å². The Hall–Kier alpha value is -0.180. The Morgan fingerprint density at radius 2 is 1.78 bits per heavy atom. The van der Waals surface area contributed by atoms with Crippen molar-refractivity contribution >= 4 is 0 Å². The molecule has 0 radical (unpaired) electrons. The zero-order chi connectivity index (χ0) is 13.9. The molecule has 0 bridgehead atoms. The van der Waals surface area contributed by atoms with Crippen LogP contribution < -0.4 is 0 Å². The minimum atomic E-state index is -2.57. The smallest absolute Gasteiger partial charge is 0.252 e. The van der Waals surface area contributed by atoms with Gasteiger partial charge in [0.25, 0.3) is 5.92 Å². The predicted octanol–water partition coefficient (Wildman–Crippen LogP) is 5.04. The van der Waals surface area contributed by atoms with Crippen molar-refractivity contribution in [2.24, 2.45) is 10.8 Å². The van der Waals surface area contributed by atoms with E-state index in [0.29, 0.717) is 6.42 Å². The summed E-state index contributed by atoms with van der Waals surface area (Å²) >= 11 is 0. The van der Waals surface area contributed by atoms with Crippen molar-refractivity contribution < 1.29 is 13.5 Å². The first kappa shape index (κ1) is 15.9. The fourth-order valence-electron chi connectivity index (χ4n) is 2.52. The second-order valence-corrected chi connectivity index (χ2v) is 6.80. The monoisotopic (exact) mass is 262 g/mol. The highest BCUT2D eigenvalue weighted by atomic mass is 19.3. The third-order valence-electron chi connectivity index (χ3n) is 4.32. The van der Waals surface area contributed by atoms with Gasteiger partial charge in [0, 0.05) is 18.4 Å². The lowest BCUT2D eigenvalue weighted by Crippen LogP contribution is -2.37. The van der Waals surface area contributed by atoms with Crippen molar-refractivity contribution in [1.82, 2.24) is 0 Å². The summed E-state index contributed by atoms with van der Waals surface area (Å²) in [5.74, 6) is -2.57. The first-order valence-corrected chi connectivity index (χ1v) is 7.18. The number of ether oxygens (including phenoxy) is 1. The van der Waals surface area contributed by atoms with Crippen LogP contribution in [-0.2, 0) is 4.74 Å². The molecule has 0 aliphatic heterocycles. The fourth-order valence-corrected chi connectivity index (χ4v) is 2.52. The van der Waals surface area contributed by atoms with Crippen LogP contribution in [0, 0.1) is 10.8 Å². The highest BCUT2D eigenvalue weighted by Gasteiger charge is 2.43. The van der Waals surface area contributed by atoms with Crippen LogP contribution in [0.25, 0.3) is 0 Å². The van der Waals surface area contributed by atoms with Crippen molar-refractivity contribution in [1.29, 1.82) is 0 Å². The van der Waals surface area contributed by atoms with Crippen LogP contribution in [0.15, 0.2) is 0 Å². The highest BCUT2D eigenvalue weighted by Crippen LogP contribution is 2.47. The maximum Gasteiger partial charge on any atom is 0.252 e. The van der Waals surface area contributed by atoms with Gasteiger partial charge in [-0.05, 0) is 38.0 Å².